The fourth-order valence-corrected chi connectivity index (χ4v) is 10.4. The SMILES string of the molecule is CCCCCCCCCCCCCCCC[N+](C)(C)C(C(O)CS(=O)(=O)OCCC)[S+](C)CCCCCCCCCCCC. The fraction of sp³-hybridized carbons (Fsp3) is 1.00. The van der Waals surface area contributed by atoms with E-state index in [0.717, 1.165) is 25.1 Å². The number of unbranched alkanes of at least 4 members (excludes halogenated alkanes) is 22. The maximum absolute atomic E-state index is 12.6. The van der Waals surface area contributed by atoms with Gasteiger partial charge in [0.25, 0.3) is 15.5 Å². The summed E-state index contributed by atoms with van der Waals surface area (Å²) in [5.74, 6) is 0.766. The van der Waals surface area contributed by atoms with Gasteiger partial charge in [0.2, 0.25) is 0 Å². The maximum atomic E-state index is 12.6. The molecule has 266 valence electrons. The van der Waals surface area contributed by atoms with Crippen LogP contribution >= 0.6 is 0 Å². The van der Waals surface area contributed by atoms with E-state index in [1.54, 1.807) is 0 Å². The molecule has 0 rings (SSSR count). The molecular weight excluding hydrogens is 587 g/mol. The zero-order valence-electron chi connectivity index (χ0n) is 30.6. The van der Waals surface area contributed by atoms with Crippen molar-refractivity contribution in [1.82, 2.24) is 0 Å². The lowest BCUT2D eigenvalue weighted by atomic mass is 10.0. The highest BCUT2D eigenvalue weighted by atomic mass is 32.2. The van der Waals surface area contributed by atoms with Crippen LogP contribution in [-0.2, 0) is 25.2 Å². The summed E-state index contributed by atoms with van der Waals surface area (Å²) >= 11 is 0. The lowest BCUT2D eigenvalue weighted by molar-refractivity contribution is -0.904. The van der Waals surface area contributed by atoms with Crippen LogP contribution in [0.15, 0.2) is 0 Å². The topological polar surface area (TPSA) is 63.6 Å². The van der Waals surface area contributed by atoms with Gasteiger partial charge in [0.05, 0.1) is 27.2 Å². The molecule has 0 aliphatic heterocycles. The monoisotopic (exact) mass is 666 g/mol. The molecule has 0 heterocycles. The van der Waals surface area contributed by atoms with Crippen molar-refractivity contribution in [1.29, 1.82) is 0 Å². The molecule has 0 bridgehead atoms. The number of aliphatic hydroxyl groups excluding tert-OH is 1. The second-order valence-corrected chi connectivity index (χ2v) is 18.1. The van der Waals surface area contributed by atoms with E-state index in [2.05, 4.69) is 34.2 Å². The van der Waals surface area contributed by atoms with E-state index in [0.29, 0.717) is 10.9 Å². The Kier molecular flexibility index (Phi) is 29.4. The van der Waals surface area contributed by atoms with E-state index in [4.69, 9.17) is 4.18 Å². The number of hydrogen-bond donors (Lipinski definition) is 1. The number of rotatable bonds is 34. The summed E-state index contributed by atoms with van der Waals surface area (Å²) < 4.78 is 31.1. The van der Waals surface area contributed by atoms with Crippen LogP contribution in [0, 0.1) is 0 Å². The zero-order chi connectivity index (χ0) is 32.9. The number of likely N-dealkylation sites (N-methyl/N-ethyl adjacent to an activating group) is 1. The van der Waals surface area contributed by atoms with Crippen molar-refractivity contribution in [3.05, 3.63) is 0 Å². The summed E-state index contributed by atoms with van der Waals surface area (Å²) in [6.45, 7) is 7.62. The van der Waals surface area contributed by atoms with E-state index >= 15 is 0 Å². The molecule has 0 spiro atoms. The highest BCUT2D eigenvalue weighted by Crippen LogP contribution is 2.24. The molecule has 3 unspecified atom stereocenters. The van der Waals surface area contributed by atoms with E-state index in [1.807, 2.05) is 6.92 Å². The summed E-state index contributed by atoms with van der Waals surface area (Å²) in [4.78, 5) is 0. The first-order chi connectivity index (χ1) is 21.1. The molecule has 0 amide bonds. The Morgan fingerprint density at radius 1 is 0.591 bits per heavy atom. The molecule has 44 heavy (non-hydrogen) atoms. The summed E-state index contributed by atoms with van der Waals surface area (Å²) in [6, 6.07) is 0. The van der Waals surface area contributed by atoms with E-state index in [1.165, 1.54) is 141 Å². The van der Waals surface area contributed by atoms with Crippen LogP contribution in [0.3, 0.4) is 0 Å². The van der Waals surface area contributed by atoms with E-state index in [-0.39, 0.29) is 28.6 Å². The largest absolute Gasteiger partial charge is 0.381 e. The molecule has 0 saturated carbocycles. The van der Waals surface area contributed by atoms with Crippen molar-refractivity contribution < 1.29 is 22.2 Å². The van der Waals surface area contributed by atoms with Gasteiger partial charge in [-0.25, -0.2) is 0 Å². The fourth-order valence-electron chi connectivity index (χ4n) is 6.55. The van der Waals surface area contributed by atoms with Gasteiger partial charge in [-0.15, -0.1) is 0 Å². The van der Waals surface area contributed by atoms with Gasteiger partial charge in [0.1, 0.15) is 17.8 Å². The summed E-state index contributed by atoms with van der Waals surface area (Å²) in [5, 5.41) is 11.3. The third-order valence-corrected chi connectivity index (χ3v) is 13.1. The van der Waals surface area contributed by atoms with Crippen molar-refractivity contribution in [2.24, 2.45) is 0 Å². The lowest BCUT2D eigenvalue weighted by Crippen LogP contribution is -2.60. The average molecular weight is 666 g/mol. The zero-order valence-corrected chi connectivity index (χ0v) is 32.2. The summed E-state index contributed by atoms with van der Waals surface area (Å²) in [6.07, 6.45) is 34.0. The van der Waals surface area contributed by atoms with Crippen molar-refractivity contribution in [3.8, 4) is 0 Å². The molecule has 5 nitrogen and oxygen atoms in total. The minimum absolute atomic E-state index is 0.0756. The van der Waals surface area contributed by atoms with Gasteiger partial charge in [-0.3, -0.25) is 8.67 Å². The van der Waals surface area contributed by atoms with Crippen molar-refractivity contribution in [2.45, 2.75) is 193 Å². The Labute approximate surface area is 280 Å². The Morgan fingerprint density at radius 2 is 0.955 bits per heavy atom. The van der Waals surface area contributed by atoms with Crippen LogP contribution in [0.1, 0.15) is 181 Å². The number of nitrogens with zero attached hydrogens (tertiary/aromatic N) is 1. The Morgan fingerprint density at radius 3 is 1.34 bits per heavy atom. The molecule has 0 aromatic heterocycles. The first kappa shape index (κ1) is 44.2. The first-order valence-corrected chi connectivity index (χ1v) is 22.5. The standard InChI is InChI=1S/C37H79NO4S2/c1-7-10-12-14-16-18-20-21-22-23-24-26-28-30-32-38(4,5)37(36(39)35-44(40,41)42-33-9-3)43(6)34-31-29-27-25-19-17-15-13-11-8-2/h36-37,39H,7-35H2,1-6H3/q+2. The van der Waals surface area contributed by atoms with Gasteiger partial charge >= 0.3 is 0 Å². The molecule has 0 aliphatic rings. The summed E-state index contributed by atoms with van der Waals surface area (Å²) in [5.41, 5.74) is 0. The minimum Gasteiger partial charge on any atom is -0.381 e. The quantitative estimate of drug-likeness (QED) is 0.0322. The maximum Gasteiger partial charge on any atom is 0.270 e. The molecule has 0 radical (unpaired) electrons. The van der Waals surface area contributed by atoms with Crippen LogP contribution < -0.4 is 0 Å². The van der Waals surface area contributed by atoms with Gasteiger partial charge in [-0.2, -0.15) is 8.42 Å². The molecule has 3 atom stereocenters. The normalized spacial score (nSPS) is 14.6. The van der Waals surface area contributed by atoms with Gasteiger partial charge < -0.3 is 5.11 Å². The molecule has 7 heteroatoms. The van der Waals surface area contributed by atoms with Crippen LogP contribution in [0.25, 0.3) is 0 Å². The highest BCUT2D eigenvalue weighted by molar-refractivity contribution is 7.96. The van der Waals surface area contributed by atoms with Crippen molar-refractivity contribution in [3.63, 3.8) is 0 Å². The minimum atomic E-state index is -3.73. The number of quaternary nitrogens is 1. The molecule has 0 saturated heterocycles. The molecule has 0 aromatic carbocycles. The predicted molar refractivity (Wildman–Crippen MR) is 197 cm³/mol. The van der Waals surface area contributed by atoms with Crippen molar-refractivity contribution in [2.75, 3.05) is 45.0 Å². The van der Waals surface area contributed by atoms with Crippen LogP contribution in [0.4, 0.5) is 0 Å². The second kappa shape index (κ2) is 29.3. The molecule has 1 N–H and O–H groups in total. The van der Waals surface area contributed by atoms with E-state index < -0.39 is 16.2 Å². The average Bonchev–Trinajstić information content (AvgIpc) is 2.96. The van der Waals surface area contributed by atoms with Crippen LogP contribution in [0.5, 0.6) is 0 Å². The Balaban J connectivity index is 4.60. The summed E-state index contributed by atoms with van der Waals surface area (Å²) in [7, 11) is 0.605. The molecule has 0 fully saturated rings. The molecule has 0 aromatic rings. The predicted octanol–water partition coefficient (Wildman–Crippen LogP) is 10.2. The smallest absolute Gasteiger partial charge is 0.270 e. The second-order valence-electron chi connectivity index (χ2n) is 14.2. The highest BCUT2D eigenvalue weighted by Gasteiger charge is 2.47. The Hall–Kier alpha value is 0.180. The van der Waals surface area contributed by atoms with Gasteiger partial charge in [0, 0.05) is 10.9 Å². The van der Waals surface area contributed by atoms with Gasteiger partial charge in [0.15, 0.2) is 6.10 Å². The third kappa shape index (κ3) is 25.3. The Bertz CT molecular complexity index is 716. The number of hydrogen-bond acceptors (Lipinski definition) is 4. The van der Waals surface area contributed by atoms with E-state index in [9.17, 15) is 13.5 Å². The third-order valence-electron chi connectivity index (χ3n) is 9.18. The van der Waals surface area contributed by atoms with Crippen LogP contribution in [0.2, 0.25) is 0 Å². The lowest BCUT2D eigenvalue weighted by Gasteiger charge is -2.38. The first-order valence-electron chi connectivity index (χ1n) is 19.1. The van der Waals surface area contributed by atoms with Gasteiger partial charge in [-0.05, 0) is 32.1 Å². The van der Waals surface area contributed by atoms with Crippen LogP contribution in [-0.4, -0.2) is 74.5 Å². The van der Waals surface area contributed by atoms with Crippen molar-refractivity contribution >= 4 is 21.0 Å². The number of aliphatic hydroxyl groups is 1. The van der Waals surface area contributed by atoms with Gasteiger partial charge in [-0.1, -0.05) is 149 Å². The molecular formula is C37H79NO4S2+2. The molecule has 0 aliphatic carbocycles.